The summed E-state index contributed by atoms with van der Waals surface area (Å²) in [5.74, 6) is -0.326. The van der Waals surface area contributed by atoms with Crippen LogP contribution in [0.5, 0.6) is 5.75 Å². The molecule has 1 heterocycles. The van der Waals surface area contributed by atoms with Crippen LogP contribution < -0.4 is 15.0 Å². The van der Waals surface area contributed by atoms with Gasteiger partial charge in [0.05, 0.1) is 11.4 Å². The van der Waals surface area contributed by atoms with Crippen molar-refractivity contribution in [2.24, 2.45) is 0 Å². The third kappa shape index (κ3) is 5.95. The minimum absolute atomic E-state index is 0.100. The molecule has 3 amide bonds. The van der Waals surface area contributed by atoms with Gasteiger partial charge in [-0.2, -0.15) is 0 Å². The molecule has 226 valence electrons. The van der Waals surface area contributed by atoms with E-state index in [0.29, 0.717) is 29.1 Å². The number of carbonyl (C=O) groups excluding carboxylic acids is 3. The van der Waals surface area contributed by atoms with Crippen LogP contribution in [0.25, 0.3) is 11.1 Å². The van der Waals surface area contributed by atoms with Gasteiger partial charge in [0.2, 0.25) is 5.91 Å². The Hall–Kier alpha value is -4.91. The van der Waals surface area contributed by atoms with Crippen LogP contribution in [-0.4, -0.2) is 48.9 Å². The second kappa shape index (κ2) is 12.0. The Balaban J connectivity index is 1.61. The van der Waals surface area contributed by atoms with Gasteiger partial charge in [-0.05, 0) is 60.7 Å². The molecule has 44 heavy (non-hydrogen) atoms. The molecule has 0 saturated carbocycles. The molecule has 0 spiro atoms. The van der Waals surface area contributed by atoms with Gasteiger partial charge in [0.15, 0.2) is 6.61 Å². The monoisotopic (exact) mass is 589 g/mol. The van der Waals surface area contributed by atoms with Crippen LogP contribution in [0.1, 0.15) is 55.6 Å². The molecule has 0 aromatic heterocycles. The highest BCUT2D eigenvalue weighted by atomic mass is 16.5. The maximum Gasteiger partial charge on any atom is 0.259 e. The first-order valence-electron chi connectivity index (χ1n) is 14.8. The van der Waals surface area contributed by atoms with Crippen molar-refractivity contribution in [1.29, 1.82) is 0 Å². The molecule has 5 rings (SSSR count). The number of amides is 3. The fraction of sp³-hybridized carbons (Fsp3) is 0.270. The second-order valence-electron chi connectivity index (χ2n) is 12.4. The van der Waals surface area contributed by atoms with Crippen molar-refractivity contribution >= 4 is 29.1 Å². The van der Waals surface area contributed by atoms with E-state index in [4.69, 9.17) is 4.74 Å². The van der Waals surface area contributed by atoms with Crippen LogP contribution >= 0.6 is 0 Å². The average Bonchev–Trinajstić information content (AvgIpc) is 3.00. The third-order valence-corrected chi connectivity index (χ3v) is 8.40. The zero-order chi connectivity index (χ0) is 31.6. The summed E-state index contributed by atoms with van der Waals surface area (Å²) in [5, 5.41) is 3.05. The van der Waals surface area contributed by atoms with Crippen molar-refractivity contribution in [3.05, 3.63) is 114 Å². The minimum Gasteiger partial charge on any atom is -0.482 e. The van der Waals surface area contributed by atoms with Crippen LogP contribution in [0.3, 0.4) is 0 Å². The lowest BCUT2D eigenvalue weighted by atomic mass is 9.65. The molecule has 0 saturated heterocycles. The maximum atomic E-state index is 13.6. The Labute approximate surface area is 259 Å². The second-order valence-corrected chi connectivity index (χ2v) is 12.4. The zero-order valence-corrected chi connectivity index (χ0v) is 26.2. The molecule has 7 nitrogen and oxygen atoms in total. The minimum atomic E-state index is -0.522. The smallest absolute Gasteiger partial charge is 0.259 e. The zero-order valence-electron chi connectivity index (χ0n) is 26.2. The number of benzene rings is 4. The van der Waals surface area contributed by atoms with Crippen molar-refractivity contribution in [2.45, 2.75) is 45.1 Å². The third-order valence-electron chi connectivity index (χ3n) is 8.40. The molecule has 1 unspecified atom stereocenters. The summed E-state index contributed by atoms with van der Waals surface area (Å²) in [5.41, 5.74) is 4.65. The first kappa shape index (κ1) is 30.5. The molecule has 1 aliphatic rings. The lowest BCUT2D eigenvalue weighted by molar-refractivity contribution is -0.130. The quantitative estimate of drug-likeness (QED) is 0.254. The highest BCUT2D eigenvalue weighted by Gasteiger charge is 2.47. The topological polar surface area (TPSA) is 79.0 Å². The number of ether oxygens (including phenoxy) is 1. The lowest BCUT2D eigenvalue weighted by Gasteiger charge is -2.51. The Morgan fingerprint density at radius 1 is 0.841 bits per heavy atom. The molecule has 1 atom stereocenters. The molecule has 0 radical (unpaired) electrons. The van der Waals surface area contributed by atoms with E-state index in [1.807, 2.05) is 66.7 Å². The van der Waals surface area contributed by atoms with Gasteiger partial charge in [0.25, 0.3) is 11.8 Å². The van der Waals surface area contributed by atoms with E-state index < -0.39 is 11.0 Å². The van der Waals surface area contributed by atoms with Crippen molar-refractivity contribution in [3.8, 4) is 16.9 Å². The van der Waals surface area contributed by atoms with Crippen molar-refractivity contribution in [1.82, 2.24) is 4.90 Å². The molecule has 1 aliphatic heterocycles. The predicted octanol–water partition coefficient (Wildman–Crippen LogP) is 6.91. The van der Waals surface area contributed by atoms with Gasteiger partial charge in [-0.15, -0.1) is 0 Å². The molecular formula is C37H39N3O4. The van der Waals surface area contributed by atoms with Gasteiger partial charge >= 0.3 is 0 Å². The number of carbonyl (C=O) groups is 3. The van der Waals surface area contributed by atoms with Crippen molar-refractivity contribution in [3.63, 3.8) is 0 Å². The van der Waals surface area contributed by atoms with E-state index in [0.717, 1.165) is 22.3 Å². The average molecular weight is 590 g/mol. The summed E-state index contributed by atoms with van der Waals surface area (Å²) in [6.07, 6.45) is 0.657. The first-order valence-corrected chi connectivity index (χ1v) is 14.8. The summed E-state index contributed by atoms with van der Waals surface area (Å²) in [6, 6.07) is 31.3. The highest BCUT2D eigenvalue weighted by molar-refractivity contribution is 6.06. The number of nitrogens with zero attached hydrogens (tertiary/aromatic N) is 2. The van der Waals surface area contributed by atoms with Gasteiger partial charge in [-0.3, -0.25) is 14.4 Å². The van der Waals surface area contributed by atoms with Gasteiger partial charge in [0.1, 0.15) is 5.75 Å². The summed E-state index contributed by atoms with van der Waals surface area (Å²) >= 11 is 0. The van der Waals surface area contributed by atoms with Crippen LogP contribution in [0.4, 0.5) is 11.4 Å². The fourth-order valence-electron chi connectivity index (χ4n) is 6.35. The SMILES string of the molecule is CC(=O)N1c2cc(OCC(=O)N(C)C)c(NC(=O)c3ccc(-c4ccccc4)cc3)cc2C(C)(c2ccccc2)CC1(C)C. The number of fused-ring (bicyclic) bond motifs is 1. The lowest BCUT2D eigenvalue weighted by Crippen LogP contribution is -2.55. The molecule has 1 N–H and O–H groups in total. The van der Waals surface area contributed by atoms with E-state index in [-0.39, 0.29) is 24.3 Å². The molecule has 0 bridgehead atoms. The summed E-state index contributed by atoms with van der Waals surface area (Å²) in [7, 11) is 3.32. The van der Waals surface area contributed by atoms with E-state index in [9.17, 15) is 14.4 Å². The molecule has 4 aromatic rings. The summed E-state index contributed by atoms with van der Waals surface area (Å²) in [6.45, 7) is 7.62. The maximum absolute atomic E-state index is 13.6. The number of nitrogens with one attached hydrogen (secondary N) is 1. The number of likely N-dealkylation sites (N-methyl/N-ethyl adjacent to an activating group) is 1. The number of rotatable bonds is 7. The van der Waals surface area contributed by atoms with Crippen molar-refractivity contribution < 1.29 is 19.1 Å². The number of anilines is 2. The van der Waals surface area contributed by atoms with E-state index in [2.05, 4.69) is 38.2 Å². The largest absolute Gasteiger partial charge is 0.482 e. The van der Waals surface area contributed by atoms with Crippen LogP contribution in [0.15, 0.2) is 97.1 Å². The Kier molecular flexibility index (Phi) is 8.33. The number of hydrogen-bond acceptors (Lipinski definition) is 4. The van der Waals surface area contributed by atoms with E-state index in [1.54, 1.807) is 44.1 Å². The molecule has 7 heteroatoms. The standard InChI is InChI=1S/C37H39N3O4/c1-25(41)40-32-22-33(44-23-34(42)39(5)6)31(21-30(32)37(4,24-36(40,2)3)29-15-11-8-12-16-29)38-35(43)28-19-17-27(18-20-28)26-13-9-7-10-14-26/h7-22H,23-24H2,1-6H3,(H,38,43). The predicted molar refractivity (Wildman–Crippen MR) is 175 cm³/mol. The van der Waals surface area contributed by atoms with Gasteiger partial charge in [-0.1, -0.05) is 79.7 Å². The molecular weight excluding hydrogens is 550 g/mol. The van der Waals surface area contributed by atoms with Crippen LogP contribution in [0, 0.1) is 0 Å². The normalized spacial score (nSPS) is 16.9. The van der Waals surface area contributed by atoms with Gasteiger partial charge < -0.3 is 19.9 Å². The Morgan fingerprint density at radius 2 is 1.43 bits per heavy atom. The van der Waals surface area contributed by atoms with E-state index in [1.165, 1.54) is 4.90 Å². The van der Waals surface area contributed by atoms with Crippen molar-refractivity contribution in [2.75, 3.05) is 30.9 Å². The molecule has 0 fully saturated rings. The fourth-order valence-corrected chi connectivity index (χ4v) is 6.35. The Bertz CT molecular complexity index is 1680. The first-order chi connectivity index (χ1) is 20.9. The van der Waals surface area contributed by atoms with Crippen LogP contribution in [0.2, 0.25) is 0 Å². The Morgan fingerprint density at radius 3 is 2.02 bits per heavy atom. The highest BCUT2D eigenvalue weighted by Crippen LogP contribution is 2.53. The van der Waals surface area contributed by atoms with Gasteiger partial charge in [0, 0.05) is 43.6 Å². The number of hydrogen-bond donors (Lipinski definition) is 1. The summed E-state index contributed by atoms with van der Waals surface area (Å²) < 4.78 is 6.07. The summed E-state index contributed by atoms with van der Waals surface area (Å²) in [4.78, 5) is 42.5. The van der Waals surface area contributed by atoms with E-state index >= 15 is 0 Å². The molecule has 4 aromatic carbocycles. The molecule has 0 aliphatic carbocycles. The van der Waals surface area contributed by atoms with Crippen LogP contribution in [-0.2, 0) is 15.0 Å². The van der Waals surface area contributed by atoms with Gasteiger partial charge in [-0.25, -0.2) is 0 Å².